The molecule has 2 N–H and O–H groups in total. The van der Waals surface area contributed by atoms with Crippen LogP contribution in [0.15, 0.2) is 41.3 Å². The fourth-order valence-corrected chi connectivity index (χ4v) is 5.44. The van der Waals surface area contributed by atoms with E-state index < -0.39 is 10.0 Å². The third-order valence-electron chi connectivity index (χ3n) is 5.84. The van der Waals surface area contributed by atoms with E-state index in [4.69, 9.17) is 9.47 Å². The summed E-state index contributed by atoms with van der Waals surface area (Å²) in [7, 11) is -2.40. The fraction of sp³-hybridized carbons (Fsp3) is 0.348. The molecular formula is C23H27N3O5S. The van der Waals surface area contributed by atoms with Crippen LogP contribution < -0.4 is 10.1 Å². The Labute approximate surface area is 187 Å². The van der Waals surface area contributed by atoms with Crippen LogP contribution in [-0.2, 0) is 21.3 Å². The van der Waals surface area contributed by atoms with Crippen molar-refractivity contribution in [1.29, 1.82) is 0 Å². The molecule has 0 unspecified atom stereocenters. The number of hydrogen-bond acceptors (Lipinski definition) is 5. The van der Waals surface area contributed by atoms with Gasteiger partial charge in [-0.1, -0.05) is 6.07 Å². The minimum absolute atomic E-state index is 0.0191. The van der Waals surface area contributed by atoms with Crippen molar-refractivity contribution in [2.45, 2.75) is 25.3 Å². The Morgan fingerprint density at radius 3 is 2.62 bits per heavy atom. The number of carbonyl (C=O) groups excluding carboxylic acids is 1. The quantitative estimate of drug-likeness (QED) is 0.593. The predicted molar refractivity (Wildman–Crippen MR) is 122 cm³/mol. The number of amides is 1. The summed E-state index contributed by atoms with van der Waals surface area (Å²) < 4.78 is 38.1. The molecule has 32 heavy (non-hydrogen) atoms. The van der Waals surface area contributed by atoms with Gasteiger partial charge < -0.3 is 19.8 Å². The van der Waals surface area contributed by atoms with Crippen molar-refractivity contribution >= 4 is 26.8 Å². The van der Waals surface area contributed by atoms with E-state index in [0.717, 1.165) is 22.2 Å². The van der Waals surface area contributed by atoms with Gasteiger partial charge in [-0.2, -0.15) is 4.31 Å². The number of sulfonamides is 1. The van der Waals surface area contributed by atoms with E-state index in [1.54, 1.807) is 6.07 Å². The van der Waals surface area contributed by atoms with E-state index in [1.807, 2.05) is 19.1 Å². The second kappa shape index (κ2) is 8.93. The maximum absolute atomic E-state index is 13.1. The summed E-state index contributed by atoms with van der Waals surface area (Å²) in [5.74, 6) is -0.148. The van der Waals surface area contributed by atoms with Crippen LogP contribution in [0.25, 0.3) is 10.9 Å². The molecule has 8 nitrogen and oxygen atoms in total. The van der Waals surface area contributed by atoms with Crippen LogP contribution in [0.2, 0.25) is 0 Å². The minimum Gasteiger partial charge on any atom is -0.495 e. The lowest BCUT2D eigenvalue weighted by atomic mass is 10.1. The third kappa shape index (κ3) is 4.23. The zero-order chi connectivity index (χ0) is 22.9. The minimum atomic E-state index is -3.81. The van der Waals surface area contributed by atoms with Crippen molar-refractivity contribution in [3.8, 4) is 5.75 Å². The molecule has 3 aromatic rings. The number of hydrogen-bond donors (Lipinski definition) is 2. The Balaban J connectivity index is 1.55. The number of morpholine rings is 1. The summed E-state index contributed by atoms with van der Waals surface area (Å²) in [6.07, 6.45) is 0. The molecule has 0 saturated carbocycles. The number of nitrogens with zero attached hydrogens (tertiary/aromatic N) is 1. The molecule has 4 rings (SSSR count). The third-order valence-corrected chi connectivity index (χ3v) is 7.76. The van der Waals surface area contributed by atoms with Crippen LogP contribution in [0.4, 0.5) is 0 Å². The van der Waals surface area contributed by atoms with Crippen molar-refractivity contribution in [2.24, 2.45) is 0 Å². The highest BCUT2D eigenvalue weighted by molar-refractivity contribution is 7.89. The number of H-pyrrole nitrogens is 1. The summed E-state index contributed by atoms with van der Waals surface area (Å²) >= 11 is 0. The van der Waals surface area contributed by atoms with Gasteiger partial charge in [-0.05, 0) is 55.3 Å². The number of ether oxygens (including phenoxy) is 2. The summed E-state index contributed by atoms with van der Waals surface area (Å²) in [5.41, 5.74) is 4.58. The van der Waals surface area contributed by atoms with E-state index in [-0.39, 0.29) is 35.2 Å². The molecule has 9 heteroatoms. The molecule has 170 valence electrons. The number of rotatable bonds is 6. The summed E-state index contributed by atoms with van der Waals surface area (Å²) in [4.78, 5) is 16.1. The molecule has 1 aromatic heterocycles. The number of nitrogens with one attached hydrogen (secondary N) is 2. The molecule has 0 atom stereocenters. The van der Waals surface area contributed by atoms with Gasteiger partial charge in [-0.25, -0.2) is 8.42 Å². The lowest BCUT2D eigenvalue weighted by molar-refractivity contribution is 0.0729. The summed E-state index contributed by atoms with van der Waals surface area (Å²) in [5, 5.41) is 4.01. The number of methoxy groups -OCH3 is 1. The SMILES string of the molecule is COc1ccc(C(=O)NCc2ccc3[nH]c(C)c(C)c3c2)cc1S(=O)(=O)N1CCOCC1. The standard InChI is InChI=1S/C23H27N3O5S/c1-15-16(2)25-20-6-4-17(12-19(15)20)14-24-23(27)18-5-7-21(30-3)22(13-18)32(28,29)26-8-10-31-11-9-26/h4-7,12-13,25H,8-11,14H2,1-3H3,(H,24,27). The highest BCUT2D eigenvalue weighted by Crippen LogP contribution is 2.28. The van der Waals surface area contributed by atoms with Crippen LogP contribution in [0, 0.1) is 13.8 Å². The van der Waals surface area contributed by atoms with Crippen molar-refractivity contribution in [3.63, 3.8) is 0 Å². The first-order valence-corrected chi connectivity index (χ1v) is 11.9. The first kappa shape index (κ1) is 22.3. The van der Waals surface area contributed by atoms with E-state index >= 15 is 0 Å². The number of aromatic amines is 1. The lowest BCUT2D eigenvalue weighted by Gasteiger charge is -2.26. The van der Waals surface area contributed by atoms with E-state index in [2.05, 4.69) is 23.3 Å². The van der Waals surface area contributed by atoms with Gasteiger partial charge >= 0.3 is 0 Å². The molecular weight excluding hydrogens is 430 g/mol. The average molecular weight is 458 g/mol. The fourth-order valence-electron chi connectivity index (χ4n) is 3.85. The predicted octanol–water partition coefficient (Wildman–Crippen LogP) is 2.74. The zero-order valence-corrected chi connectivity index (χ0v) is 19.2. The largest absolute Gasteiger partial charge is 0.495 e. The van der Waals surface area contributed by atoms with Gasteiger partial charge in [-0.3, -0.25) is 4.79 Å². The van der Waals surface area contributed by atoms with Gasteiger partial charge in [0.15, 0.2) is 0 Å². The molecule has 1 saturated heterocycles. The van der Waals surface area contributed by atoms with Crippen LogP contribution in [-0.4, -0.2) is 57.0 Å². The number of carbonyl (C=O) groups is 1. The van der Waals surface area contributed by atoms with Crippen LogP contribution in [0.1, 0.15) is 27.2 Å². The highest BCUT2D eigenvalue weighted by atomic mass is 32.2. The number of fused-ring (bicyclic) bond motifs is 1. The van der Waals surface area contributed by atoms with Crippen LogP contribution in [0.5, 0.6) is 5.75 Å². The molecule has 0 aliphatic carbocycles. The van der Waals surface area contributed by atoms with E-state index in [9.17, 15) is 13.2 Å². The topological polar surface area (TPSA) is 101 Å². The van der Waals surface area contributed by atoms with Gasteiger partial charge in [0.1, 0.15) is 10.6 Å². The Kier molecular flexibility index (Phi) is 6.23. The maximum Gasteiger partial charge on any atom is 0.251 e. The molecule has 1 aliphatic heterocycles. The second-order valence-corrected chi connectivity index (χ2v) is 9.73. The van der Waals surface area contributed by atoms with Gasteiger partial charge in [0, 0.05) is 41.8 Å². The van der Waals surface area contributed by atoms with Gasteiger partial charge in [-0.15, -0.1) is 0 Å². The first-order chi connectivity index (χ1) is 15.3. The van der Waals surface area contributed by atoms with Gasteiger partial charge in [0.25, 0.3) is 5.91 Å². The van der Waals surface area contributed by atoms with Crippen LogP contribution >= 0.6 is 0 Å². The number of aryl methyl sites for hydroxylation is 2. The molecule has 1 amide bonds. The van der Waals surface area contributed by atoms with Crippen molar-refractivity contribution in [1.82, 2.24) is 14.6 Å². The van der Waals surface area contributed by atoms with Gasteiger partial charge in [0.2, 0.25) is 10.0 Å². The van der Waals surface area contributed by atoms with Crippen molar-refractivity contribution in [3.05, 3.63) is 58.8 Å². The maximum atomic E-state index is 13.1. The van der Waals surface area contributed by atoms with E-state index in [1.165, 1.54) is 29.1 Å². The Morgan fingerprint density at radius 1 is 1.16 bits per heavy atom. The lowest BCUT2D eigenvalue weighted by Crippen LogP contribution is -2.40. The highest BCUT2D eigenvalue weighted by Gasteiger charge is 2.30. The normalized spacial score (nSPS) is 15.1. The zero-order valence-electron chi connectivity index (χ0n) is 18.4. The van der Waals surface area contributed by atoms with Crippen LogP contribution in [0.3, 0.4) is 0 Å². The van der Waals surface area contributed by atoms with Crippen molar-refractivity contribution < 1.29 is 22.7 Å². The average Bonchev–Trinajstić information content (AvgIpc) is 3.10. The number of benzene rings is 2. The summed E-state index contributed by atoms with van der Waals surface area (Å²) in [6.45, 7) is 5.63. The molecule has 0 spiro atoms. The molecule has 2 heterocycles. The molecule has 2 aromatic carbocycles. The van der Waals surface area contributed by atoms with Crippen molar-refractivity contribution in [2.75, 3.05) is 33.4 Å². The molecule has 1 fully saturated rings. The first-order valence-electron chi connectivity index (χ1n) is 10.4. The van der Waals surface area contributed by atoms with E-state index in [0.29, 0.717) is 19.8 Å². The monoisotopic (exact) mass is 457 g/mol. The molecule has 1 aliphatic rings. The van der Waals surface area contributed by atoms with Gasteiger partial charge in [0.05, 0.1) is 20.3 Å². The molecule has 0 radical (unpaired) electrons. The Hall–Kier alpha value is -2.88. The Morgan fingerprint density at radius 2 is 1.91 bits per heavy atom. The molecule has 0 bridgehead atoms. The second-order valence-electron chi connectivity index (χ2n) is 7.82. The smallest absolute Gasteiger partial charge is 0.251 e. The summed E-state index contributed by atoms with van der Waals surface area (Å²) in [6, 6.07) is 10.5. The number of aromatic nitrogens is 1. The Bertz CT molecular complexity index is 1260.